The Morgan fingerprint density at radius 3 is 2.61 bits per heavy atom. The summed E-state index contributed by atoms with van der Waals surface area (Å²) in [6.07, 6.45) is 4.24. The summed E-state index contributed by atoms with van der Waals surface area (Å²) in [5.41, 5.74) is 3.55. The van der Waals surface area contributed by atoms with Crippen LogP contribution in [0.25, 0.3) is 0 Å². The zero-order valence-corrected chi connectivity index (χ0v) is 16.6. The van der Waals surface area contributed by atoms with Crippen molar-refractivity contribution in [2.24, 2.45) is 0 Å². The molecular weight excluding hydrogens is 352 g/mol. The van der Waals surface area contributed by atoms with E-state index in [-0.39, 0.29) is 18.0 Å². The molecule has 0 bridgehead atoms. The van der Waals surface area contributed by atoms with Crippen molar-refractivity contribution in [3.63, 3.8) is 0 Å². The van der Waals surface area contributed by atoms with Gasteiger partial charge >= 0.3 is 12.0 Å². The van der Waals surface area contributed by atoms with Gasteiger partial charge in [-0.25, -0.2) is 9.59 Å². The number of hydrogen-bond donors (Lipinski definition) is 1. The summed E-state index contributed by atoms with van der Waals surface area (Å²) in [6.45, 7) is 4.94. The lowest BCUT2D eigenvalue weighted by atomic mass is 9.99. The van der Waals surface area contributed by atoms with Crippen LogP contribution in [0.5, 0.6) is 0 Å². The average Bonchev–Trinajstić information content (AvgIpc) is 2.95. The molecule has 5 heteroatoms. The number of esters is 1. The van der Waals surface area contributed by atoms with Crippen molar-refractivity contribution in [1.82, 2.24) is 4.90 Å². The highest BCUT2D eigenvalue weighted by Gasteiger charge is 2.27. The van der Waals surface area contributed by atoms with E-state index in [1.807, 2.05) is 4.90 Å². The standard InChI is InChI=1S/C23H28N2O3/c1-3-28-22(26)18-11-13-20(14-12-18)24-23(27)25-15-6-4-5-10-21(25)19-9-7-8-17(2)16-19/h7-9,11-14,16,21H,3-6,10,15H2,1-2H3,(H,24,27)/t21-/m0/s1. The Bertz CT molecular complexity index is 817. The fourth-order valence-corrected chi connectivity index (χ4v) is 3.67. The molecule has 2 aromatic rings. The van der Waals surface area contributed by atoms with E-state index in [9.17, 15) is 9.59 Å². The van der Waals surface area contributed by atoms with Crippen molar-refractivity contribution >= 4 is 17.7 Å². The number of ether oxygens (including phenoxy) is 1. The lowest BCUT2D eigenvalue weighted by molar-refractivity contribution is 0.0526. The Morgan fingerprint density at radius 2 is 1.89 bits per heavy atom. The molecule has 0 spiro atoms. The third-order valence-electron chi connectivity index (χ3n) is 5.09. The van der Waals surface area contributed by atoms with Crippen LogP contribution in [0.1, 0.15) is 60.1 Å². The number of aryl methyl sites for hydroxylation is 1. The smallest absolute Gasteiger partial charge is 0.338 e. The minimum Gasteiger partial charge on any atom is -0.462 e. The van der Waals surface area contributed by atoms with Crippen LogP contribution >= 0.6 is 0 Å². The third kappa shape index (κ3) is 4.91. The Kier molecular flexibility index (Phi) is 6.69. The molecule has 2 amide bonds. The monoisotopic (exact) mass is 380 g/mol. The second kappa shape index (κ2) is 9.40. The number of nitrogens with one attached hydrogen (secondary N) is 1. The molecule has 1 atom stereocenters. The Balaban J connectivity index is 1.74. The molecule has 0 aromatic heterocycles. The molecule has 0 radical (unpaired) electrons. The van der Waals surface area contributed by atoms with Crippen LogP contribution in [0.15, 0.2) is 48.5 Å². The van der Waals surface area contributed by atoms with Crippen LogP contribution in [-0.4, -0.2) is 30.1 Å². The number of urea groups is 1. The molecule has 1 fully saturated rings. The van der Waals surface area contributed by atoms with Crippen LogP contribution in [0, 0.1) is 6.92 Å². The molecule has 2 aromatic carbocycles. The number of rotatable bonds is 4. The van der Waals surface area contributed by atoms with E-state index in [4.69, 9.17) is 4.74 Å². The first-order valence-electron chi connectivity index (χ1n) is 10.00. The van der Waals surface area contributed by atoms with Gasteiger partial charge in [-0.1, -0.05) is 42.7 Å². The van der Waals surface area contributed by atoms with Gasteiger partial charge in [-0.05, 0) is 56.5 Å². The normalized spacial score (nSPS) is 16.9. The van der Waals surface area contributed by atoms with Crippen molar-refractivity contribution in [3.05, 3.63) is 65.2 Å². The maximum Gasteiger partial charge on any atom is 0.338 e. The molecule has 148 valence electrons. The number of likely N-dealkylation sites (tertiary alicyclic amines) is 1. The zero-order valence-electron chi connectivity index (χ0n) is 16.6. The fourth-order valence-electron chi connectivity index (χ4n) is 3.67. The summed E-state index contributed by atoms with van der Waals surface area (Å²) in [6, 6.07) is 15.2. The van der Waals surface area contributed by atoms with Gasteiger partial charge in [-0.15, -0.1) is 0 Å². The van der Waals surface area contributed by atoms with Gasteiger partial charge in [0.2, 0.25) is 0 Å². The van der Waals surface area contributed by atoms with Crippen LogP contribution < -0.4 is 5.32 Å². The van der Waals surface area contributed by atoms with Crippen LogP contribution in [0.2, 0.25) is 0 Å². The van der Waals surface area contributed by atoms with E-state index in [0.29, 0.717) is 17.9 Å². The molecule has 3 rings (SSSR count). The molecule has 0 unspecified atom stereocenters. The van der Waals surface area contributed by atoms with Gasteiger partial charge in [0.1, 0.15) is 0 Å². The minimum absolute atomic E-state index is 0.0844. The maximum absolute atomic E-state index is 13.0. The zero-order chi connectivity index (χ0) is 19.9. The molecule has 0 aliphatic carbocycles. The quantitative estimate of drug-likeness (QED) is 0.730. The molecule has 28 heavy (non-hydrogen) atoms. The van der Waals surface area contributed by atoms with Gasteiger partial charge < -0.3 is 15.0 Å². The van der Waals surface area contributed by atoms with Gasteiger partial charge in [0.15, 0.2) is 0 Å². The number of benzene rings is 2. The molecule has 0 saturated carbocycles. The highest BCUT2D eigenvalue weighted by Crippen LogP contribution is 2.31. The van der Waals surface area contributed by atoms with E-state index in [0.717, 1.165) is 32.2 Å². The first-order chi connectivity index (χ1) is 13.6. The van der Waals surface area contributed by atoms with E-state index in [1.54, 1.807) is 31.2 Å². The van der Waals surface area contributed by atoms with Crippen LogP contribution in [-0.2, 0) is 4.74 Å². The van der Waals surface area contributed by atoms with Gasteiger partial charge in [0, 0.05) is 12.2 Å². The first-order valence-corrected chi connectivity index (χ1v) is 10.00. The highest BCUT2D eigenvalue weighted by molar-refractivity contribution is 5.92. The molecule has 1 heterocycles. The van der Waals surface area contributed by atoms with E-state index in [2.05, 4.69) is 36.5 Å². The second-order valence-electron chi connectivity index (χ2n) is 7.20. The summed E-state index contributed by atoms with van der Waals surface area (Å²) >= 11 is 0. The molecule has 1 aliphatic heterocycles. The summed E-state index contributed by atoms with van der Waals surface area (Å²) in [5.74, 6) is -0.354. The third-order valence-corrected chi connectivity index (χ3v) is 5.09. The molecule has 1 saturated heterocycles. The number of nitrogens with zero attached hydrogens (tertiary/aromatic N) is 1. The number of anilines is 1. The van der Waals surface area contributed by atoms with Gasteiger partial charge in [0.05, 0.1) is 18.2 Å². The van der Waals surface area contributed by atoms with Crippen LogP contribution in [0.4, 0.5) is 10.5 Å². The van der Waals surface area contributed by atoms with Crippen molar-refractivity contribution < 1.29 is 14.3 Å². The SMILES string of the molecule is CCOC(=O)c1ccc(NC(=O)N2CCCCC[C@H]2c2cccc(C)c2)cc1. The Hall–Kier alpha value is -2.82. The average molecular weight is 380 g/mol. The molecule has 1 N–H and O–H groups in total. The lowest BCUT2D eigenvalue weighted by Crippen LogP contribution is -2.38. The summed E-state index contributed by atoms with van der Waals surface area (Å²) in [5, 5.41) is 2.99. The Morgan fingerprint density at radius 1 is 1.11 bits per heavy atom. The first kappa shape index (κ1) is 19.9. The highest BCUT2D eigenvalue weighted by atomic mass is 16.5. The second-order valence-corrected chi connectivity index (χ2v) is 7.20. The van der Waals surface area contributed by atoms with Crippen molar-refractivity contribution in [1.29, 1.82) is 0 Å². The van der Waals surface area contributed by atoms with E-state index < -0.39 is 0 Å². The molecular formula is C23H28N2O3. The number of carbonyl (C=O) groups excluding carboxylic acids is 2. The van der Waals surface area contributed by atoms with Gasteiger partial charge in [-0.2, -0.15) is 0 Å². The maximum atomic E-state index is 13.0. The Labute approximate surface area is 166 Å². The number of carbonyl (C=O) groups is 2. The van der Waals surface area contributed by atoms with Crippen LogP contribution in [0.3, 0.4) is 0 Å². The molecule has 1 aliphatic rings. The summed E-state index contributed by atoms with van der Waals surface area (Å²) in [4.78, 5) is 26.8. The largest absolute Gasteiger partial charge is 0.462 e. The molecule has 5 nitrogen and oxygen atoms in total. The van der Waals surface area contributed by atoms with Gasteiger partial charge in [0.25, 0.3) is 0 Å². The number of amides is 2. The minimum atomic E-state index is -0.354. The predicted octanol–water partition coefficient (Wildman–Crippen LogP) is 5.32. The predicted molar refractivity (Wildman–Crippen MR) is 111 cm³/mol. The van der Waals surface area contributed by atoms with Crippen molar-refractivity contribution in [2.45, 2.75) is 45.6 Å². The summed E-state index contributed by atoms with van der Waals surface area (Å²) < 4.78 is 5.00. The summed E-state index contributed by atoms with van der Waals surface area (Å²) in [7, 11) is 0. The van der Waals surface area contributed by atoms with Crippen molar-refractivity contribution in [2.75, 3.05) is 18.5 Å². The fraction of sp³-hybridized carbons (Fsp3) is 0.391. The van der Waals surface area contributed by atoms with E-state index >= 15 is 0 Å². The number of hydrogen-bond acceptors (Lipinski definition) is 3. The lowest BCUT2D eigenvalue weighted by Gasteiger charge is -2.31. The topological polar surface area (TPSA) is 58.6 Å². The van der Waals surface area contributed by atoms with Crippen molar-refractivity contribution in [3.8, 4) is 0 Å². The van der Waals surface area contributed by atoms with E-state index in [1.165, 1.54) is 11.1 Å². The van der Waals surface area contributed by atoms with Gasteiger partial charge in [-0.3, -0.25) is 0 Å².